The lowest BCUT2D eigenvalue weighted by Crippen LogP contribution is -2.25. The van der Waals surface area contributed by atoms with E-state index in [1.54, 1.807) is 6.20 Å². The Morgan fingerprint density at radius 1 is 0.413 bits per heavy atom. The molecule has 0 N–H and O–H groups in total. The van der Waals surface area contributed by atoms with Crippen molar-refractivity contribution in [2.45, 2.75) is 0 Å². The third-order valence-corrected chi connectivity index (χ3v) is 11.9. The number of hydrogen-bond donors (Lipinski definition) is 0. The molecular formula is C41H26NO3P. The molecule has 0 fully saturated rings. The molecule has 3 heterocycles. The third kappa shape index (κ3) is 4.23. The SMILES string of the molecule is O=P(c1ccccc1)(c1ccccc1)c1cccc(-c2ccc3oc4ccc(-c5ccc6oc7cccnc7c6c5)cc4c3c2)c1. The predicted octanol–water partition coefficient (Wildman–Crippen LogP) is 9.85. The van der Waals surface area contributed by atoms with Gasteiger partial charge in [0.1, 0.15) is 22.3 Å². The summed E-state index contributed by atoms with van der Waals surface area (Å²) < 4.78 is 27.3. The molecule has 0 saturated heterocycles. The Bertz CT molecular complexity index is 2580. The van der Waals surface area contributed by atoms with Crippen LogP contribution in [0.4, 0.5) is 0 Å². The topological polar surface area (TPSA) is 56.2 Å². The molecule has 9 rings (SSSR count). The van der Waals surface area contributed by atoms with E-state index in [1.807, 2.05) is 103 Å². The second-order valence-corrected chi connectivity index (χ2v) is 14.3. The Morgan fingerprint density at radius 2 is 0.913 bits per heavy atom. The van der Waals surface area contributed by atoms with Gasteiger partial charge in [-0.1, -0.05) is 97.1 Å². The van der Waals surface area contributed by atoms with Gasteiger partial charge >= 0.3 is 0 Å². The van der Waals surface area contributed by atoms with Crippen LogP contribution in [0.3, 0.4) is 0 Å². The highest BCUT2D eigenvalue weighted by Crippen LogP contribution is 2.43. The van der Waals surface area contributed by atoms with Crippen LogP contribution in [-0.4, -0.2) is 4.98 Å². The quantitative estimate of drug-likeness (QED) is 0.182. The van der Waals surface area contributed by atoms with Crippen molar-refractivity contribution < 1.29 is 13.4 Å². The van der Waals surface area contributed by atoms with Crippen molar-refractivity contribution in [1.29, 1.82) is 0 Å². The highest BCUT2D eigenvalue weighted by Gasteiger charge is 2.29. The molecule has 46 heavy (non-hydrogen) atoms. The number of hydrogen-bond acceptors (Lipinski definition) is 4. The lowest BCUT2D eigenvalue weighted by molar-refractivity contribution is 0.592. The van der Waals surface area contributed by atoms with Crippen molar-refractivity contribution >= 4 is 67.1 Å². The summed E-state index contributed by atoms with van der Waals surface area (Å²) in [5.41, 5.74) is 8.33. The molecular weight excluding hydrogens is 585 g/mol. The summed E-state index contributed by atoms with van der Waals surface area (Å²) in [5.74, 6) is 0. The van der Waals surface area contributed by atoms with Gasteiger partial charge in [0.15, 0.2) is 12.7 Å². The first-order valence-electron chi connectivity index (χ1n) is 15.2. The first-order chi connectivity index (χ1) is 22.6. The standard InChI is InChI=1S/C41H26NO3P/c43-46(31-10-3-1-4-11-31,32-12-5-2-6-13-32)33-14-7-9-27(23-33)28-16-19-37-34(24-28)35-25-29(17-20-38(35)44-37)30-18-21-39-36(26-30)41-40(45-39)15-8-22-42-41/h1-26H. The Kier molecular flexibility index (Phi) is 6.06. The van der Waals surface area contributed by atoms with Gasteiger partial charge in [-0.3, -0.25) is 4.98 Å². The van der Waals surface area contributed by atoms with Gasteiger partial charge in [0, 0.05) is 38.3 Å². The summed E-state index contributed by atoms with van der Waals surface area (Å²) >= 11 is 0. The first-order valence-corrected chi connectivity index (χ1v) is 16.9. The van der Waals surface area contributed by atoms with E-state index < -0.39 is 7.14 Å². The summed E-state index contributed by atoms with van der Waals surface area (Å²) in [5, 5.41) is 5.51. The molecule has 0 unspecified atom stereocenters. The Morgan fingerprint density at radius 3 is 1.52 bits per heavy atom. The molecule has 0 atom stereocenters. The normalized spacial score (nSPS) is 12.0. The molecule has 0 aliphatic carbocycles. The summed E-state index contributed by atoms with van der Waals surface area (Å²) in [6.07, 6.45) is 1.79. The summed E-state index contributed by atoms with van der Waals surface area (Å²) in [4.78, 5) is 4.55. The van der Waals surface area contributed by atoms with Crippen LogP contribution in [0.5, 0.6) is 0 Å². The summed E-state index contributed by atoms with van der Waals surface area (Å²) in [6.45, 7) is 0. The molecule has 0 bridgehead atoms. The maximum absolute atomic E-state index is 15.0. The van der Waals surface area contributed by atoms with Crippen LogP contribution in [0.15, 0.2) is 167 Å². The number of rotatable bonds is 5. The van der Waals surface area contributed by atoms with Gasteiger partial charge in [0.05, 0.1) is 0 Å². The van der Waals surface area contributed by atoms with Crippen molar-refractivity contribution in [3.63, 3.8) is 0 Å². The molecule has 0 radical (unpaired) electrons. The number of aromatic nitrogens is 1. The van der Waals surface area contributed by atoms with E-state index in [0.717, 1.165) is 82.2 Å². The molecule has 0 aliphatic heterocycles. The van der Waals surface area contributed by atoms with E-state index in [-0.39, 0.29) is 0 Å². The average Bonchev–Trinajstić information content (AvgIpc) is 3.69. The fourth-order valence-electron chi connectivity index (χ4n) is 6.52. The molecule has 4 nitrogen and oxygen atoms in total. The number of furan rings is 2. The minimum Gasteiger partial charge on any atom is -0.456 e. The minimum atomic E-state index is -3.10. The van der Waals surface area contributed by atoms with Gasteiger partial charge in [-0.15, -0.1) is 0 Å². The smallest absolute Gasteiger partial charge is 0.171 e. The van der Waals surface area contributed by atoms with E-state index in [2.05, 4.69) is 53.5 Å². The summed E-state index contributed by atoms with van der Waals surface area (Å²) in [7, 11) is -3.10. The van der Waals surface area contributed by atoms with Gasteiger partial charge in [-0.25, -0.2) is 0 Å². The van der Waals surface area contributed by atoms with Gasteiger partial charge in [-0.2, -0.15) is 0 Å². The molecule has 0 aliphatic rings. The highest BCUT2D eigenvalue weighted by molar-refractivity contribution is 7.85. The average molecular weight is 612 g/mol. The van der Waals surface area contributed by atoms with Crippen molar-refractivity contribution in [1.82, 2.24) is 4.98 Å². The zero-order valence-electron chi connectivity index (χ0n) is 24.6. The lowest BCUT2D eigenvalue weighted by Gasteiger charge is -2.20. The van der Waals surface area contributed by atoms with Crippen LogP contribution in [0.25, 0.3) is 66.3 Å². The second-order valence-electron chi connectivity index (χ2n) is 11.5. The van der Waals surface area contributed by atoms with Crippen LogP contribution in [-0.2, 0) is 4.57 Å². The van der Waals surface area contributed by atoms with Crippen LogP contribution >= 0.6 is 7.14 Å². The zero-order valence-corrected chi connectivity index (χ0v) is 25.5. The molecule has 0 saturated carbocycles. The number of benzene rings is 6. The van der Waals surface area contributed by atoms with Gasteiger partial charge < -0.3 is 13.4 Å². The van der Waals surface area contributed by atoms with E-state index in [4.69, 9.17) is 8.83 Å². The van der Waals surface area contributed by atoms with Crippen molar-refractivity contribution in [2.75, 3.05) is 0 Å². The first kappa shape index (κ1) is 26.7. The van der Waals surface area contributed by atoms with E-state index in [9.17, 15) is 0 Å². The van der Waals surface area contributed by atoms with Crippen LogP contribution < -0.4 is 15.9 Å². The minimum absolute atomic E-state index is 0.784. The molecule has 9 aromatic rings. The Labute approximate surface area is 264 Å². The van der Waals surface area contributed by atoms with Gasteiger partial charge in [0.2, 0.25) is 0 Å². The van der Waals surface area contributed by atoms with Gasteiger partial charge in [0.25, 0.3) is 0 Å². The molecule has 3 aromatic heterocycles. The molecule has 218 valence electrons. The largest absolute Gasteiger partial charge is 0.456 e. The predicted molar refractivity (Wildman–Crippen MR) is 189 cm³/mol. The van der Waals surface area contributed by atoms with Crippen molar-refractivity contribution in [2.24, 2.45) is 0 Å². The fourth-order valence-corrected chi connectivity index (χ4v) is 9.21. The zero-order chi connectivity index (χ0) is 30.7. The monoisotopic (exact) mass is 611 g/mol. The Hall–Kier alpha value is -5.70. The third-order valence-electron chi connectivity index (χ3n) is 8.81. The Balaban J connectivity index is 1.16. The van der Waals surface area contributed by atoms with Gasteiger partial charge in [-0.05, 0) is 76.9 Å². The lowest BCUT2D eigenvalue weighted by atomic mass is 9.99. The summed E-state index contributed by atoms with van der Waals surface area (Å²) in [6, 6.07) is 50.4. The van der Waals surface area contributed by atoms with E-state index in [1.165, 1.54) is 0 Å². The van der Waals surface area contributed by atoms with Crippen molar-refractivity contribution in [3.05, 3.63) is 158 Å². The van der Waals surface area contributed by atoms with Crippen LogP contribution in [0.1, 0.15) is 0 Å². The molecule has 0 amide bonds. The second kappa shape index (κ2) is 10.4. The maximum atomic E-state index is 15.0. The van der Waals surface area contributed by atoms with Crippen LogP contribution in [0.2, 0.25) is 0 Å². The van der Waals surface area contributed by atoms with Crippen molar-refractivity contribution in [3.8, 4) is 22.3 Å². The van der Waals surface area contributed by atoms with Crippen LogP contribution in [0, 0.1) is 0 Å². The molecule has 0 spiro atoms. The van der Waals surface area contributed by atoms with E-state index in [0.29, 0.717) is 0 Å². The molecule has 5 heteroatoms. The number of pyridine rings is 1. The molecule has 6 aromatic carbocycles. The maximum Gasteiger partial charge on any atom is 0.171 e. The highest BCUT2D eigenvalue weighted by atomic mass is 31.2. The number of fused-ring (bicyclic) bond motifs is 6. The number of nitrogens with zero attached hydrogens (tertiary/aromatic N) is 1. The van der Waals surface area contributed by atoms with E-state index >= 15 is 4.57 Å². The fraction of sp³-hybridized carbons (Fsp3) is 0.